The van der Waals surface area contributed by atoms with Crippen molar-refractivity contribution in [1.82, 2.24) is 4.90 Å². The Hall–Kier alpha value is -0.280. The van der Waals surface area contributed by atoms with Gasteiger partial charge in [0.1, 0.15) is 0 Å². The van der Waals surface area contributed by atoms with E-state index in [-0.39, 0.29) is 0 Å². The molecule has 18 heavy (non-hydrogen) atoms. The fourth-order valence-electron chi connectivity index (χ4n) is 1.85. The Kier molecular flexibility index (Phi) is 7.02. The normalized spacial score (nSPS) is 13.0. The molecule has 2 nitrogen and oxygen atoms in total. The largest absolute Gasteiger partial charge is 0.330 e. The van der Waals surface area contributed by atoms with Gasteiger partial charge in [0.2, 0.25) is 0 Å². The van der Waals surface area contributed by atoms with Gasteiger partial charge in [0, 0.05) is 6.04 Å². The van der Waals surface area contributed by atoms with Gasteiger partial charge in [-0.25, -0.2) is 0 Å². The number of benzene rings is 1. The molecule has 0 bridgehead atoms. The summed E-state index contributed by atoms with van der Waals surface area (Å²) in [6.45, 7) is 4.05. The number of hydrogen-bond donors (Lipinski definition) is 1. The Labute approximate surface area is 120 Å². The van der Waals surface area contributed by atoms with E-state index in [4.69, 9.17) is 28.9 Å². The average molecular weight is 289 g/mol. The topological polar surface area (TPSA) is 29.3 Å². The lowest BCUT2D eigenvalue weighted by Gasteiger charge is -2.24. The number of aryl methyl sites for hydroxylation is 1. The zero-order chi connectivity index (χ0) is 13.5. The highest BCUT2D eigenvalue weighted by Crippen LogP contribution is 2.23. The van der Waals surface area contributed by atoms with E-state index in [1.54, 1.807) is 0 Å². The van der Waals surface area contributed by atoms with Crippen LogP contribution in [0.15, 0.2) is 18.2 Å². The quantitative estimate of drug-likeness (QED) is 0.831. The van der Waals surface area contributed by atoms with E-state index in [0.29, 0.717) is 16.1 Å². The third-order valence-corrected chi connectivity index (χ3v) is 4.04. The Morgan fingerprint density at radius 1 is 1.28 bits per heavy atom. The van der Waals surface area contributed by atoms with Crippen molar-refractivity contribution in [2.24, 2.45) is 5.73 Å². The Morgan fingerprint density at radius 3 is 2.61 bits per heavy atom. The molecule has 0 aliphatic carbocycles. The molecule has 0 saturated heterocycles. The van der Waals surface area contributed by atoms with Crippen molar-refractivity contribution in [3.8, 4) is 0 Å². The molecule has 102 valence electrons. The van der Waals surface area contributed by atoms with Crippen LogP contribution < -0.4 is 5.73 Å². The molecule has 0 amide bonds. The first kappa shape index (κ1) is 15.8. The minimum absolute atomic E-state index is 0.547. The van der Waals surface area contributed by atoms with Gasteiger partial charge < -0.3 is 10.6 Å². The highest BCUT2D eigenvalue weighted by atomic mass is 35.5. The van der Waals surface area contributed by atoms with Crippen LogP contribution in [-0.4, -0.2) is 31.1 Å². The number of hydrogen-bond acceptors (Lipinski definition) is 2. The monoisotopic (exact) mass is 288 g/mol. The van der Waals surface area contributed by atoms with Gasteiger partial charge in [-0.1, -0.05) is 29.3 Å². The second-order valence-corrected chi connectivity index (χ2v) is 5.57. The van der Waals surface area contributed by atoms with Gasteiger partial charge in [-0.2, -0.15) is 0 Å². The van der Waals surface area contributed by atoms with Crippen LogP contribution >= 0.6 is 23.2 Å². The molecule has 1 rings (SSSR count). The van der Waals surface area contributed by atoms with Crippen LogP contribution in [0.1, 0.15) is 25.3 Å². The lowest BCUT2D eigenvalue weighted by Crippen LogP contribution is -2.31. The zero-order valence-corrected chi connectivity index (χ0v) is 12.6. The van der Waals surface area contributed by atoms with Gasteiger partial charge in [0.15, 0.2) is 0 Å². The summed E-state index contributed by atoms with van der Waals surface area (Å²) in [4.78, 5) is 2.35. The molecule has 2 N–H and O–H groups in total. The van der Waals surface area contributed by atoms with Crippen molar-refractivity contribution in [2.75, 3.05) is 20.1 Å². The first-order valence-electron chi connectivity index (χ1n) is 6.39. The van der Waals surface area contributed by atoms with Crippen LogP contribution in [0.4, 0.5) is 0 Å². The van der Waals surface area contributed by atoms with Crippen molar-refractivity contribution in [2.45, 2.75) is 32.2 Å². The first-order valence-corrected chi connectivity index (χ1v) is 7.14. The molecule has 0 aromatic heterocycles. The molecule has 0 spiro atoms. The molecule has 0 heterocycles. The van der Waals surface area contributed by atoms with Gasteiger partial charge in [-0.15, -0.1) is 0 Å². The maximum atomic E-state index is 6.00. The van der Waals surface area contributed by atoms with E-state index in [0.717, 1.165) is 32.4 Å². The second kappa shape index (κ2) is 8.00. The summed E-state index contributed by atoms with van der Waals surface area (Å²) in [6, 6.07) is 6.41. The van der Waals surface area contributed by atoms with Crippen LogP contribution in [0.5, 0.6) is 0 Å². The summed E-state index contributed by atoms with van der Waals surface area (Å²) >= 11 is 11.9. The molecule has 4 heteroatoms. The minimum atomic E-state index is 0.547. The lowest BCUT2D eigenvalue weighted by atomic mass is 10.1. The standard InChI is InChI=1S/C14H22Cl2N2/c1-11(18(2)9-3-8-17)4-5-12-6-7-13(15)14(16)10-12/h6-7,10-11H,3-5,8-9,17H2,1-2H3. The van der Waals surface area contributed by atoms with Crippen molar-refractivity contribution >= 4 is 23.2 Å². The van der Waals surface area contributed by atoms with Crippen molar-refractivity contribution in [3.63, 3.8) is 0 Å². The van der Waals surface area contributed by atoms with Gasteiger partial charge in [-0.3, -0.25) is 0 Å². The van der Waals surface area contributed by atoms with Gasteiger partial charge in [0.25, 0.3) is 0 Å². The van der Waals surface area contributed by atoms with E-state index >= 15 is 0 Å². The summed E-state index contributed by atoms with van der Waals surface area (Å²) in [5, 5.41) is 1.26. The molecule has 1 unspecified atom stereocenters. The zero-order valence-electron chi connectivity index (χ0n) is 11.1. The van der Waals surface area contributed by atoms with E-state index in [9.17, 15) is 0 Å². The predicted octanol–water partition coefficient (Wildman–Crippen LogP) is 3.60. The fraction of sp³-hybridized carbons (Fsp3) is 0.571. The van der Waals surface area contributed by atoms with Crippen LogP contribution in [-0.2, 0) is 6.42 Å². The molecule has 1 atom stereocenters. The third-order valence-electron chi connectivity index (χ3n) is 3.30. The van der Waals surface area contributed by atoms with Crippen LogP contribution in [0, 0.1) is 0 Å². The maximum absolute atomic E-state index is 6.00. The Balaban J connectivity index is 2.41. The molecular weight excluding hydrogens is 267 g/mol. The Bertz CT molecular complexity index is 369. The summed E-state index contributed by atoms with van der Waals surface area (Å²) < 4.78 is 0. The number of halogens is 2. The fourth-order valence-corrected chi connectivity index (χ4v) is 2.17. The number of nitrogens with two attached hydrogens (primary N) is 1. The molecule has 0 saturated carbocycles. The van der Waals surface area contributed by atoms with Gasteiger partial charge in [0.05, 0.1) is 10.0 Å². The van der Waals surface area contributed by atoms with Gasteiger partial charge in [-0.05, 0) is 64.0 Å². The highest BCUT2D eigenvalue weighted by molar-refractivity contribution is 6.42. The number of rotatable bonds is 7. The average Bonchev–Trinajstić information content (AvgIpc) is 2.36. The molecule has 0 aliphatic heterocycles. The summed E-state index contributed by atoms with van der Waals surface area (Å²) in [6.07, 6.45) is 3.18. The molecule has 0 aliphatic rings. The molecular formula is C14H22Cl2N2. The second-order valence-electron chi connectivity index (χ2n) is 4.76. The predicted molar refractivity (Wildman–Crippen MR) is 80.5 cm³/mol. The summed E-state index contributed by atoms with van der Waals surface area (Å²) in [5.41, 5.74) is 6.76. The SMILES string of the molecule is CC(CCc1ccc(Cl)c(Cl)c1)N(C)CCCN. The van der Waals surface area contributed by atoms with E-state index in [1.165, 1.54) is 5.56 Å². The lowest BCUT2D eigenvalue weighted by molar-refractivity contribution is 0.245. The molecule has 0 fully saturated rings. The molecule has 1 aromatic rings. The highest BCUT2D eigenvalue weighted by Gasteiger charge is 2.09. The van der Waals surface area contributed by atoms with Crippen LogP contribution in [0.2, 0.25) is 10.0 Å². The van der Waals surface area contributed by atoms with E-state index in [2.05, 4.69) is 18.9 Å². The third kappa shape index (κ3) is 5.15. The van der Waals surface area contributed by atoms with Crippen molar-refractivity contribution in [1.29, 1.82) is 0 Å². The summed E-state index contributed by atoms with van der Waals surface area (Å²) in [5.74, 6) is 0. The molecule has 0 radical (unpaired) electrons. The van der Waals surface area contributed by atoms with Crippen molar-refractivity contribution in [3.05, 3.63) is 33.8 Å². The smallest absolute Gasteiger partial charge is 0.0595 e. The van der Waals surface area contributed by atoms with Gasteiger partial charge >= 0.3 is 0 Å². The summed E-state index contributed by atoms with van der Waals surface area (Å²) in [7, 11) is 2.15. The van der Waals surface area contributed by atoms with E-state index in [1.807, 2.05) is 18.2 Å². The minimum Gasteiger partial charge on any atom is -0.330 e. The molecule has 1 aromatic carbocycles. The first-order chi connectivity index (χ1) is 8.54. The van der Waals surface area contributed by atoms with Crippen LogP contribution in [0.25, 0.3) is 0 Å². The Morgan fingerprint density at radius 2 is 2.00 bits per heavy atom. The maximum Gasteiger partial charge on any atom is 0.0595 e. The number of nitrogens with zero attached hydrogens (tertiary/aromatic N) is 1. The van der Waals surface area contributed by atoms with Crippen molar-refractivity contribution < 1.29 is 0 Å². The van der Waals surface area contributed by atoms with E-state index < -0.39 is 0 Å². The van der Waals surface area contributed by atoms with Crippen LogP contribution in [0.3, 0.4) is 0 Å².